The van der Waals surface area contributed by atoms with Gasteiger partial charge in [0.2, 0.25) is 11.8 Å². The molecule has 0 aliphatic carbocycles. The van der Waals surface area contributed by atoms with Gasteiger partial charge in [0.1, 0.15) is 0 Å². The molecule has 2 amide bonds. The molecule has 0 radical (unpaired) electrons. The molecular weight excluding hydrogens is 282 g/mol. The molecule has 1 aliphatic rings. The average molecular weight is 293 g/mol. The summed E-state index contributed by atoms with van der Waals surface area (Å²) in [6.07, 6.45) is 0.397. The van der Waals surface area contributed by atoms with Crippen LogP contribution in [0.5, 0.6) is 0 Å². The fourth-order valence-electron chi connectivity index (χ4n) is 2.15. The lowest BCUT2D eigenvalue weighted by Gasteiger charge is -2.13. The number of nitrogens with zero attached hydrogens (tertiary/aromatic N) is 3. The van der Waals surface area contributed by atoms with Crippen LogP contribution < -0.4 is 0 Å². The largest absolute Gasteiger partial charge is 0.282 e. The Labute approximate surface area is 118 Å². The van der Waals surface area contributed by atoms with E-state index in [-0.39, 0.29) is 54.6 Å². The molecule has 1 aromatic carbocycles. The third kappa shape index (κ3) is 3.02. The topological polar surface area (TPSA) is 124 Å². The van der Waals surface area contributed by atoms with Gasteiger partial charge in [-0.15, -0.1) is 0 Å². The molecule has 0 spiro atoms. The number of likely N-dealkylation sites (tertiary alicyclic amines) is 1. The number of hydrogen-bond donors (Lipinski definition) is 0. The zero-order valence-corrected chi connectivity index (χ0v) is 10.9. The highest BCUT2D eigenvalue weighted by Gasteiger charge is 2.29. The van der Waals surface area contributed by atoms with Gasteiger partial charge in [-0.25, -0.2) is 0 Å². The van der Waals surface area contributed by atoms with Gasteiger partial charge < -0.3 is 0 Å². The fraction of sp³-hybridized carbons (Fsp3) is 0.333. The molecule has 0 unspecified atom stereocenters. The maximum atomic E-state index is 11.5. The Hall–Kier alpha value is -2.84. The number of carbonyl (C=O) groups excluding carboxylic acids is 2. The van der Waals surface area contributed by atoms with Crippen LogP contribution in [-0.4, -0.2) is 33.1 Å². The molecule has 0 saturated carbocycles. The van der Waals surface area contributed by atoms with E-state index in [9.17, 15) is 29.8 Å². The maximum Gasteiger partial charge on any atom is 0.279 e. The van der Waals surface area contributed by atoms with Gasteiger partial charge in [0, 0.05) is 31.0 Å². The summed E-state index contributed by atoms with van der Waals surface area (Å²) < 4.78 is 0. The highest BCUT2D eigenvalue weighted by Crippen LogP contribution is 2.25. The number of carbonyl (C=O) groups is 2. The molecular formula is C12H11N3O6. The summed E-state index contributed by atoms with van der Waals surface area (Å²) in [5.74, 6) is -0.603. The summed E-state index contributed by atoms with van der Waals surface area (Å²) in [6.45, 7) is 0.0380. The first-order valence-electron chi connectivity index (χ1n) is 6.15. The smallest absolute Gasteiger partial charge is 0.279 e. The first-order chi connectivity index (χ1) is 9.90. The second-order valence-electron chi connectivity index (χ2n) is 4.52. The van der Waals surface area contributed by atoms with E-state index in [1.807, 2.05) is 0 Å². The van der Waals surface area contributed by atoms with E-state index in [2.05, 4.69) is 0 Å². The third-order valence-corrected chi connectivity index (χ3v) is 3.24. The number of non-ortho nitro benzene ring substituents is 1. The minimum absolute atomic E-state index is 0.0380. The molecule has 1 heterocycles. The van der Waals surface area contributed by atoms with Gasteiger partial charge >= 0.3 is 0 Å². The van der Waals surface area contributed by atoms with Gasteiger partial charge in [0.15, 0.2) is 0 Å². The fourth-order valence-corrected chi connectivity index (χ4v) is 2.15. The molecule has 1 aliphatic heterocycles. The molecule has 2 rings (SSSR count). The first kappa shape index (κ1) is 14.6. The van der Waals surface area contributed by atoms with Gasteiger partial charge in [-0.2, -0.15) is 0 Å². The molecule has 0 atom stereocenters. The van der Waals surface area contributed by atoms with E-state index in [4.69, 9.17) is 0 Å². The number of rotatable bonds is 5. The van der Waals surface area contributed by atoms with E-state index < -0.39 is 9.85 Å². The van der Waals surface area contributed by atoms with Crippen LogP contribution in [0, 0.1) is 20.2 Å². The molecule has 0 aromatic heterocycles. The van der Waals surface area contributed by atoms with E-state index in [0.29, 0.717) is 0 Å². The minimum Gasteiger partial charge on any atom is -0.282 e. The summed E-state index contributed by atoms with van der Waals surface area (Å²) >= 11 is 0. The Balaban J connectivity index is 2.19. The van der Waals surface area contributed by atoms with E-state index >= 15 is 0 Å². The van der Waals surface area contributed by atoms with Crippen LogP contribution in [0.4, 0.5) is 11.4 Å². The van der Waals surface area contributed by atoms with Gasteiger partial charge in [-0.05, 0) is 12.5 Å². The normalized spacial score (nSPS) is 14.6. The quantitative estimate of drug-likeness (QED) is 0.456. The van der Waals surface area contributed by atoms with Crippen molar-refractivity contribution in [3.63, 3.8) is 0 Å². The van der Waals surface area contributed by atoms with Crippen LogP contribution in [0.3, 0.4) is 0 Å². The van der Waals surface area contributed by atoms with Crippen LogP contribution in [0.1, 0.15) is 18.4 Å². The van der Waals surface area contributed by atoms with Crippen LogP contribution in [0.2, 0.25) is 0 Å². The molecule has 1 saturated heterocycles. The van der Waals surface area contributed by atoms with Crippen molar-refractivity contribution in [3.05, 3.63) is 44.0 Å². The van der Waals surface area contributed by atoms with Crippen molar-refractivity contribution in [2.75, 3.05) is 6.54 Å². The standard InChI is InChI=1S/C12H11N3O6/c16-11-3-4-12(17)13(11)6-5-8-1-2-9(14(18)19)7-10(8)15(20)21/h1-2,7H,3-6H2. The zero-order chi connectivity index (χ0) is 15.6. The molecule has 1 aromatic rings. The van der Waals surface area contributed by atoms with Gasteiger partial charge in [0.05, 0.1) is 15.9 Å². The Kier molecular flexibility index (Phi) is 3.92. The monoisotopic (exact) mass is 293 g/mol. The van der Waals surface area contributed by atoms with Crippen LogP contribution >= 0.6 is 0 Å². The highest BCUT2D eigenvalue weighted by atomic mass is 16.6. The summed E-state index contributed by atoms with van der Waals surface area (Å²) in [4.78, 5) is 44.1. The second-order valence-corrected chi connectivity index (χ2v) is 4.52. The Morgan fingerprint density at radius 3 is 2.19 bits per heavy atom. The molecule has 1 fully saturated rings. The SMILES string of the molecule is O=C1CCC(=O)N1CCc1ccc([N+](=O)[O-])cc1[N+](=O)[O-]. The first-order valence-corrected chi connectivity index (χ1v) is 6.15. The molecule has 0 N–H and O–H groups in total. The maximum absolute atomic E-state index is 11.5. The number of hydrogen-bond acceptors (Lipinski definition) is 6. The lowest BCUT2D eigenvalue weighted by Crippen LogP contribution is -2.31. The summed E-state index contributed by atoms with van der Waals surface area (Å²) in [5.41, 5.74) is -0.514. The minimum atomic E-state index is -0.718. The molecule has 110 valence electrons. The molecule has 21 heavy (non-hydrogen) atoms. The van der Waals surface area contributed by atoms with Crippen molar-refractivity contribution in [1.29, 1.82) is 0 Å². The second kappa shape index (κ2) is 5.65. The summed E-state index contributed by atoms with van der Waals surface area (Å²) in [5, 5.41) is 21.6. The van der Waals surface area contributed by atoms with Gasteiger partial charge in [-0.1, -0.05) is 0 Å². The van der Waals surface area contributed by atoms with Crippen molar-refractivity contribution in [2.45, 2.75) is 19.3 Å². The van der Waals surface area contributed by atoms with Crippen LogP contribution in [-0.2, 0) is 16.0 Å². The Morgan fingerprint density at radius 2 is 1.67 bits per heavy atom. The molecule has 0 bridgehead atoms. The highest BCUT2D eigenvalue weighted by molar-refractivity contribution is 6.01. The average Bonchev–Trinajstić information content (AvgIpc) is 2.75. The van der Waals surface area contributed by atoms with E-state index in [1.165, 1.54) is 6.07 Å². The predicted molar refractivity (Wildman–Crippen MR) is 69.4 cm³/mol. The lowest BCUT2D eigenvalue weighted by molar-refractivity contribution is -0.394. The van der Waals surface area contributed by atoms with Crippen molar-refractivity contribution < 1.29 is 19.4 Å². The van der Waals surface area contributed by atoms with Crippen molar-refractivity contribution in [2.24, 2.45) is 0 Å². The number of nitro benzene ring substituents is 2. The predicted octanol–water partition coefficient (Wildman–Crippen LogP) is 1.19. The molecule has 9 nitrogen and oxygen atoms in total. The number of imide groups is 1. The van der Waals surface area contributed by atoms with Crippen molar-refractivity contribution in [1.82, 2.24) is 4.90 Å². The zero-order valence-electron chi connectivity index (χ0n) is 10.9. The third-order valence-electron chi connectivity index (χ3n) is 3.24. The summed E-state index contributed by atoms with van der Waals surface area (Å²) in [6, 6.07) is 3.32. The van der Waals surface area contributed by atoms with E-state index in [1.54, 1.807) is 0 Å². The number of amides is 2. The Morgan fingerprint density at radius 1 is 1.05 bits per heavy atom. The van der Waals surface area contributed by atoms with E-state index in [0.717, 1.165) is 17.0 Å². The molecule has 9 heteroatoms. The van der Waals surface area contributed by atoms with Gasteiger partial charge in [-0.3, -0.25) is 34.7 Å². The number of nitro groups is 2. The van der Waals surface area contributed by atoms with Gasteiger partial charge in [0.25, 0.3) is 11.4 Å². The summed E-state index contributed by atoms with van der Waals surface area (Å²) in [7, 11) is 0. The van der Waals surface area contributed by atoms with Crippen LogP contribution in [0.25, 0.3) is 0 Å². The lowest BCUT2D eigenvalue weighted by atomic mass is 10.1. The Bertz CT molecular complexity index is 626. The van der Waals surface area contributed by atoms with Crippen molar-refractivity contribution in [3.8, 4) is 0 Å². The number of benzene rings is 1. The van der Waals surface area contributed by atoms with Crippen molar-refractivity contribution >= 4 is 23.2 Å². The van der Waals surface area contributed by atoms with Crippen LogP contribution in [0.15, 0.2) is 18.2 Å².